The van der Waals surface area contributed by atoms with Gasteiger partial charge in [-0.3, -0.25) is 19.2 Å². The first-order chi connectivity index (χ1) is 21.9. The lowest BCUT2D eigenvalue weighted by Crippen LogP contribution is -2.55. The van der Waals surface area contributed by atoms with Gasteiger partial charge in [-0.25, -0.2) is 9.80 Å². The number of halogens is 6. The average molecular weight is 653 g/mol. The molecule has 2 heterocycles. The molecule has 2 aliphatic rings. The van der Waals surface area contributed by atoms with Gasteiger partial charge in [-0.2, -0.15) is 26.3 Å². The quantitative estimate of drug-likeness (QED) is 0.148. The summed E-state index contributed by atoms with van der Waals surface area (Å²) in [5, 5.41) is 0. The summed E-state index contributed by atoms with van der Waals surface area (Å²) in [4.78, 5) is 54.4. The largest absolute Gasteiger partial charge is 0.411 e. The van der Waals surface area contributed by atoms with Crippen molar-refractivity contribution in [3.63, 3.8) is 0 Å². The highest BCUT2D eigenvalue weighted by atomic mass is 19.4. The topological polar surface area (TPSA) is 127 Å². The number of amides is 4. The minimum atomic E-state index is -6.10. The second kappa shape index (κ2) is 10.2. The van der Waals surface area contributed by atoms with Crippen LogP contribution in [-0.4, -0.2) is 36.0 Å². The van der Waals surface area contributed by atoms with E-state index in [1.807, 2.05) is 0 Å². The van der Waals surface area contributed by atoms with Gasteiger partial charge in [-0.05, 0) is 84.6 Å². The van der Waals surface area contributed by atoms with Gasteiger partial charge in [-0.15, -0.1) is 0 Å². The van der Waals surface area contributed by atoms with Gasteiger partial charge in [0.15, 0.2) is 0 Å². The van der Waals surface area contributed by atoms with E-state index in [2.05, 4.69) is 0 Å². The van der Waals surface area contributed by atoms with Crippen LogP contribution in [0.15, 0.2) is 72.8 Å². The number of carbonyl (C=O) groups is 4. The molecule has 8 nitrogen and oxygen atoms in total. The summed E-state index contributed by atoms with van der Waals surface area (Å²) in [6.45, 7) is 3.26. The summed E-state index contributed by atoms with van der Waals surface area (Å²) in [7, 11) is 0. The van der Waals surface area contributed by atoms with Crippen molar-refractivity contribution in [3.8, 4) is 0 Å². The Morgan fingerprint density at radius 1 is 0.489 bits per heavy atom. The molecule has 2 aliphatic heterocycles. The van der Waals surface area contributed by atoms with Crippen molar-refractivity contribution in [3.05, 3.63) is 117 Å². The molecule has 0 fully saturated rings. The highest BCUT2D eigenvalue weighted by Gasteiger charge is 2.73. The molecule has 0 atom stereocenters. The summed E-state index contributed by atoms with van der Waals surface area (Å²) < 4.78 is 90.6. The van der Waals surface area contributed by atoms with Crippen LogP contribution in [0.1, 0.15) is 63.7 Å². The zero-order valence-corrected chi connectivity index (χ0v) is 24.4. The van der Waals surface area contributed by atoms with E-state index >= 15 is 26.3 Å². The van der Waals surface area contributed by atoms with Gasteiger partial charge < -0.3 is 11.5 Å². The molecular weight excluding hydrogens is 630 g/mol. The monoisotopic (exact) mass is 652 g/mol. The van der Waals surface area contributed by atoms with E-state index in [1.165, 1.54) is 24.3 Å². The number of hydrogen-bond acceptors (Lipinski definition) is 6. The van der Waals surface area contributed by atoms with Crippen molar-refractivity contribution in [2.75, 3.05) is 21.3 Å². The number of aryl methyl sites for hydroxylation is 2. The molecule has 4 aromatic carbocycles. The van der Waals surface area contributed by atoms with Gasteiger partial charge in [0.25, 0.3) is 23.6 Å². The van der Waals surface area contributed by atoms with Crippen LogP contribution in [0.5, 0.6) is 0 Å². The molecule has 0 radical (unpaired) electrons. The van der Waals surface area contributed by atoms with Gasteiger partial charge in [0.2, 0.25) is 5.41 Å². The molecule has 4 N–H and O–H groups in total. The maximum atomic E-state index is 15.1. The van der Waals surface area contributed by atoms with E-state index in [1.54, 1.807) is 26.0 Å². The molecule has 0 saturated heterocycles. The number of benzene rings is 4. The summed E-state index contributed by atoms with van der Waals surface area (Å²) >= 11 is 0. The molecule has 0 bridgehead atoms. The zero-order valence-electron chi connectivity index (χ0n) is 24.4. The number of nitrogen functional groups attached to an aromatic ring is 2. The standard InChI is InChI=1S/C33H22F6N4O4/c1-15-3-9-23(40)25(11-15)42-27(44)19-7-5-17(13-21(19)29(42)46)31(32(34,35)36,33(37,38)39)18-6-8-20-22(14-18)30(47)43(28(20)45)26-12-16(2)4-10-24(26)41/h3-14H,40-41H2,1-2H3. The fraction of sp³-hybridized carbons (Fsp3) is 0.152. The Kier molecular flexibility index (Phi) is 6.78. The highest BCUT2D eigenvalue weighted by Crippen LogP contribution is 2.57. The number of nitrogens with two attached hydrogens (primary N) is 2. The Morgan fingerprint density at radius 3 is 1.17 bits per heavy atom. The molecule has 0 unspecified atom stereocenters. The third kappa shape index (κ3) is 4.38. The first-order valence-electron chi connectivity index (χ1n) is 13.8. The molecule has 14 heteroatoms. The molecule has 0 spiro atoms. The fourth-order valence-electron chi connectivity index (χ4n) is 6.06. The average Bonchev–Trinajstić information content (AvgIpc) is 3.38. The second-order valence-corrected chi connectivity index (χ2v) is 11.3. The van der Waals surface area contributed by atoms with Gasteiger partial charge in [0.05, 0.1) is 45.0 Å². The third-order valence-electron chi connectivity index (χ3n) is 8.34. The number of carbonyl (C=O) groups excluding carboxylic acids is 4. The van der Waals surface area contributed by atoms with Gasteiger partial charge in [0.1, 0.15) is 0 Å². The van der Waals surface area contributed by atoms with Crippen LogP contribution in [0.4, 0.5) is 49.1 Å². The smallest absolute Gasteiger partial charge is 0.397 e. The minimum absolute atomic E-state index is 0.0240. The normalized spacial score (nSPS) is 15.1. The van der Waals surface area contributed by atoms with Crippen molar-refractivity contribution in [1.29, 1.82) is 0 Å². The van der Waals surface area contributed by atoms with Crippen LogP contribution in [-0.2, 0) is 5.41 Å². The number of nitrogens with zero attached hydrogens (tertiary/aromatic N) is 2. The summed E-state index contributed by atoms with van der Waals surface area (Å²) in [5.41, 5.74) is 2.86. The van der Waals surface area contributed by atoms with Crippen LogP contribution in [0.25, 0.3) is 0 Å². The third-order valence-corrected chi connectivity index (χ3v) is 8.34. The van der Waals surface area contributed by atoms with E-state index < -0.39 is 74.8 Å². The number of alkyl halides is 6. The first-order valence-corrected chi connectivity index (χ1v) is 13.8. The van der Waals surface area contributed by atoms with Crippen LogP contribution >= 0.6 is 0 Å². The van der Waals surface area contributed by atoms with Crippen LogP contribution in [0, 0.1) is 13.8 Å². The lowest BCUT2D eigenvalue weighted by Gasteiger charge is -2.38. The first kappa shape index (κ1) is 31.3. The Bertz CT molecular complexity index is 1920. The van der Waals surface area contributed by atoms with Gasteiger partial charge >= 0.3 is 12.4 Å². The zero-order chi connectivity index (χ0) is 34.4. The molecule has 240 valence electrons. The second-order valence-electron chi connectivity index (χ2n) is 11.3. The summed E-state index contributed by atoms with van der Waals surface area (Å²) in [6, 6.07) is 11.8. The van der Waals surface area contributed by atoms with Crippen molar-refractivity contribution in [2.24, 2.45) is 0 Å². The SMILES string of the molecule is Cc1ccc(N)c(N2C(=O)c3ccc(C(c4ccc5c(c4)C(=O)N(c4cc(C)ccc4N)C5=O)(C(F)(F)F)C(F)(F)F)cc3C2=O)c1. The summed E-state index contributed by atoms with van der Waals surface area (Å²) in [5.74, 6) is -4.33. The Balaban J connectivity index is 1.53. The van der Waals surface area contributed by atoms with Gasteiger partial charge in [0, 0.05) is 0 Å². The van der Waals surface area contributed by atoms with Crippen LogP contribution in [0.2, 0.25) is 0 Å². The van der Waals surface area contributed by atoms with Crippen molar-refractivity contribution >= 4 is 46.4 Å². The van der Waals surface area contributed by atoms with E-state index in [4.69, 9.17) is 11.5 Å². The maximum absolute atomic E-state index is 15.1. The number of fused-ring (bicyclic) bond motifs is 2. The maximum Gasteiger partial charge on any atom is 0.411 e. The van der Waals surface area contributed by atoms with E-state index in [9.17, 15) is 19.2 Å². The van der Waals surface area contributed by atoms with Crippen molar-refractivity contribution in [1.82, 2.24) is 0 Å². The Hall–Kier alpha value is -5.66. The Labute approximate surface area is 262 Å². The summed E-state index contributed by atoms with van der Waals surface area (Å²) in [6.07, 6.45) is -12.2. The molecule has 47 heavy (non-hydrogen) atoms. The molecule has 6 rings (SSSR count). The van der Waals surface area contributed by atoms with E-state index in [-0.39, 0.29) is 22.7 Å². The van der Waals surface area contributed by atoms with Gasteiger partial charge in [-0.1, -0.05) is 24.3 Å². The Morgan fingerprint density at radius 2 is 0.830 bits per heavy atom. The molecule has 0 aliphatic carbocycles. The highest BCUT2D eigenvalue weighted by molar-refractivity contribution is 6.36. The number of hydrogen-bond donors (Lipinski definition) is 2. The molecule has 4 amide bonds. The lowest BCUT2D eigenvalue weighted by atomic mass is 9.71. The number of anilines is 4. The fourth-order valence-corrected chi connectivity index (χ4v) is 6.06. The van der Waals surface area contributed by atoms with Crippen molar-refractivity contribution in [2.45, 2.75) is 31.6 Å². The predicted octanol–water partition coefficient (Wildman–Crippen LogP) is 6.48. The van der Waals surface area contributed by atoms with E-state index in [0.29, 0.717) is 57.3 Å². The lowest BCUT2D eigenvalue weighted by molar-refractivity contribution is -0.288. The van der Waals surface area contributed by atoms with Crippen molar-refractivity contribution < 1.29 is 45.5 Å². The molecular formula is C33H22F6N4O4. The molecule has 4 aromatic rings. The number of rotatable bonds is 4. The van der Waals surface area contributed by atoms with Crippen LogP contribution < -0.4 is 21.3 Å². The minimum Gasteiger partial charge on any atom is -0.397 e. The molecule has 0 aromatic heterocycles. The van der Waals surface area contributed by atoms with E-state index in [0.717, 1.165) is 0 Å². The predicted molar refractivity (Wildman–Crippen MR) is 159 cm³/mol. The molecule has 0 saturated carbocycles. The van der Waals surface area contributed by atoms with Crippen LogP contribution in [0.3, 0.4) is 0 Å². The number of imide groups is 2.